The van der Waals surface area contributed by atoms with E-state index < -0.39 is 0 Å². The Hall–Kier alpha value is -0.940. The molecule has 1 unspecified atom stereocenters. The van der Waals surface area contributed by atoms with Crippen LogP contribution in [-0.2, 0) is 17.7 Å². The van der Waals surface area contributed by atoms with Crippen molar-refractivity contribution in [2.24, 2.45) is 0 Å². The van der Waals surface area contributed by atoms with E-state index in [0.717, 1.165) is 44.4 Å². The number of hydrogen-bond acceptors (Lipinski definition) is 4. The van der Waals surface area contributed by atoms with Gasteiger partial charge in [0.05, 0.1) is 19.3 Å². The van der Waals surface area contributed by atoms with Crippen LogP contribution in [-0.4, -0.2) is 34.5 Å². The van der Waals surface area contributed by atoms with Crippen molar-refractivity contribution in [1.29, 1.82) is 0 Å². The maximum absolute atomic E-state index is 5.42. The zero-order chi connectivity index (χ0) is 9.38. The van der Waals surface area contributed by atoms with E-state index in [1.165, 1.54) is 6.42 Å². The second-order valence-electron chi connectivity index (χ2n) is 3.81. The monoisotopic (exact) mass is 194 g/mol. The van der Waals surface area contributed by atoms with Gasteiger partial charge < -0.3 is 14.6 Å². The maximum Gasteiger partial charge on any atom is 0.152 e. The first-order valence-electron chi connectivity index (χ1n) is 5.18. The summed E-state index contributed by atoms with van der Waals surface area (Å²) in [6, 6.07) is 0.239. The Morgan fingerprint density at radius 1 is 1.43 bits per heavy atom. The van der Waals surface area contributed by atoms with Crippen LogP contribution in [0.1, 0.15) is 24.1 Å². The van der Waals surface area contributed by atoms with Crippen molar-refractivity contribution in [3.63, 3.8) is 0 Å². The van der Waals surface area contributed by atoms with E-state index in [4.69, 9.17) is 4.74 Å². The molecule has 0 radical (unpaired) electrons. The van der Waals surface area contributed by atoms with E-state index >= 15 is 0 Å². The largest absolute Gasteiger partial charge is 0.378 e. The van der Waals surface area contributed by atoms with Crippen LogP contribution in [0.4, 0.5) is 0 Å². The molecule has 3 rings (SSSR count). The average molecular weight is 194 g/mol. The predicted octanol–water partition coefficient (Wildman–Crippen LogP) is -0.115. The lowest BCUT2D eigenvalue weighted by Gasteiger charge is -2.23. The molecule has 0 bridgehead atoms. The highest BCUT2D eigenvalue weighted by molar-refractivity contribution is 5.05. The minimum Gasteiger partial charge on any atom is -0.378 e. The van der Waals surface area contributed by atoms with Gasteiger partial charge in [-0.2, -0.15) is 0 Å². The van der Waals surface area contributed by atoms with Gasteiger partial charge >= 0.3 is 0 Å². The number of aromatic nitrogens is 3. The molecule has 1 aromatic rings. The molecular formula is C9H14N4O. The second-order valence-corrected chi connectivity index (χ2v) is 3.81. The fourth-order valence-electron chi connectivity index (χ4n) is 2.16. The molecule has 76 valence electrons. The Morgan fingerprint density at radius 2 is 2.43 bits per heavy atom. The molecule has 3 heterocycles. The van der Waals surface area contributed by atoms with E-state index in [-0.39, 0.29) is 6.04 Å². The van der Waals surface area contributed by atoms with Crippen molar-refractivity contribution < 1.29 is 4.74 Å². The van der Waals surface area contributed by atoms with Gasteiger partial charge in [0.25, 0.3) is 0 Å². The highest BCUT2D eigenvalue weighted by Crippen LogP contribution is 2.20. The van der Waals surface area contributed by atoms with Gasteiger partial charge in [-0.05, 0) is 6.42 Å². The molecule has 0 saturated carbocycles. The summed E-state index contributed by atoms with van der Waals surface area (Å²) < 4.78 is 7.65. The zero-order valence-corrected chi connectivity index (χ0v) is 8.07. The normalized spacial score (nSPS) is 26.4. The van der Waals surface area contributed by atoms with Crippen LogP contribution in [0, 0.1) is 0 Å². The summed E-state index contributed by atoms with van der Waals surface area (Å²) in [5.74, 6) is 2.18. The fourth-order valence-corrected chi connectivity index (χ4v) is 2.16. The fraction of sp³-hybridized carbons (Fsp3) is 0.778. The standard InChI is InChI=1S/C9H14N4O/c1-2-8-11-12-9(13(8)4-1)7-6-14-5-3-10-7/h7,10H,1-6H2. The number of aryl methyl sites for hydroxylation is 1. The predicted molar refractivity (Wildman–Crippen MR) is 49.9 cm³/mol. The molecule has 1 aromatic heterocycles. The third kappa shape index (κ3) is 1.24. The first-order chi connectivity index (χ1) is 6.95. The molecule has 5 nitrogen and oxygen atoms in total. The van der Waals surface area contributed by atoms with Crippen LogP contribution in [0.3, 0.4) is 0 Å². The van der Waals surface area contributed by atoms with Crippen LogP contribution >= 0.6 is 0 Å². The van der Waals surface area contributed by atoms with Crippen LogP contribution in [0.25, 0.3) is 0 Å². The summed E-state index contributed by atoms with van der Waals surface area (Å²) in [6.45, 7) is 3.50. The molecule has 1 atom stereocenters. The third-order valence-corrected chi connectivity index (χ3v) is 2.87. The molecule has 2 aliphatic rings. The number of ether oxygens (including phenoxy) is 1. The molecule has 1 saturated heterocycles. The maximum atomic E-state index is 5.42. The van der Waals surface area contributed by atoms with E-state index in [9.17, 15) is 0 Å². The summed E-state index contributed by atoms with van der Waals surface area (Å²) in [7, 11) is 0. The number of nitrogens with zero attached hydrogens (tertiary/aromatic N) is 3. The third-order valence-electron chi connectivity index (χ3n) is 2.87. The van der Waals surface area contributed by atoms with Gasteiger partial charge in [-0.3, -0.25) is 0 Å². The smallest absolute Gasteiger partial charge is 0.152 e. The second kappa shape index (κ2) is 3.33. The molecule has 0 aromatic carbocycles. The summed E-state index contributed by atoms with van der Waals surface area (Å²) in [6.07, 6.45) is 2.27. The lowest BCUT2D eigenvalue weighted by Crippen LogP contribution is -2.36. The summed E-state index contributed by atoms with van der Waals surface area (Å²) >= 11 is 0. The molecule has 14 heavy (non-hydrogen) atoms. The minimum atomic E-state index is 0.239. The van der Waals surface area contributed by atoms with E-state index in [1.807, 2.05) is 0 Å². The van der Waals surface area contributed by atoms with Gasteiger partial charge in [-0.25, -0.2) is 0 Å². The Labute approximate surface area is 82.5 Å². The lowest BCUT2D eigenvalue weighted by molar-refractivity contribution is 0.0730. The van der Waals surface area contributed by atoms with Crippen molar-refractivity contribution in [1.82, 2.24) is 20.1 Å². The summed E-state index contributed by atoms with van der Waals surface area (Å²) in [4.78, 5) is 0. The highest BCUT2D eigenvalue weighted by atomic mass is 16.5. The SMILES string of the molecule is C1Cc2nnc(C3COCCN3)n2C1. The molecule has 2 aliphatic heterocycles. The molecule has 1 fully saturated rings. The molecule has 0 spiro atoms. The Bertz CT molecular complexity index is 330. The van der Waals surface area contributed by atoms with Gasteiger partial charge in [0, 0.05) is 19.5 Å². The van der Waals surface area contributed by atoms with Crippen LogP contribution < -0.4 is 5.32 Å². The van der Waals surface area contributed by atoms with Gasteiger partial charge in [-0.15, -0.1) is 10.2 Å². The first-order valence-corrected chi connectivity index (χ1v) is 5.18. The van der Waals surface area contributed by atoms with Crippen molar-refractivity contribution in [3.05, 3.63) is 11.6 Å². The summed E-state index contributed by atoms with van der Waals surface area (Å²) in [5.41, 5.74) is 0. The quantitative estimate of drug-likeness (QED) is 0.677. The van der Waals surface area contributed by atoms with Crippen molar-refractivity contribution in [3.8, 4) is 0 Å². The number of hydrogen-bond donors (Lipinski definition) is 1. The first kappa shape index (κ1) is 8.38. The number of fused-ring (bicyclic) bond motifs is 1. The van der Waals surface area contributed by atoms with Gasteiger partial charge in [-0.1, -0.05) is 0 Å². The van der Waals surface area contributed by atoms with E-state index in [2.05, 4.69) is 20.1 Å². The van der Waals surface area contributed by atoms with Gasteiger partial charge in [0.15, 0.2) is 5.82 Å². The van der Waals surface area contributed by atoms with Crippen molar-refractivity contribution >= 4 is 0 Å². The van der Waals surface area contributed by atoms with Crippen LogP contribution in [0.2, 0.25) is 0 Å². The molecule has 5 heteroatoms. The summed E-state index contributed by atoms with van der Waals surface area (Å²) in [5, 5.41) is 11.8. The van der Waals surface area contributed by atoms with E-state index in [0.29, 0.717) is 0 Å². The van der Waals surface area contributed by atoms with E-state index in [1.54, 1.807) is 0 Å². The Kier molecular flexibility index (Phi) is 1.99. The van der Waals surface area contributed by atoms with Crippen molar-refractivity contribution in [2.45, 2.75) is 25.4 Å². The van der Waals surface area contributed by atoms with Gasteiger partial charge in [0.2, 0.25) is 0 Å². The topological polar surface area (TPSA) is 52.0 Å². The molecule has 0 amide bonds. The van der Waals surface area contributed by atoms with Gasteiger partial charge in [0.1, 0.15) is 5.82 Å². The number of morpholine rings is 1. The number of rotatable bonds is 1. The Balaban J connectivity index is 1.88. The zero-order valence-electron chi connectivity index (χ0n) is 8.07. The molecule has 1 N–H and O–H groups in total. The number of nitrogens with one attached hydrogen (secondary N) is 1. The average Bonchev–Trinajstić information content (AvgIpc) is 2.79. The highest BCUT2D eigenvalue weighted by Gasteiger charge is 2.25. The minimum absolute atomic E-state index is 0.239. The van der Waals surface area contributed by atoms with Crippen molar-refractivity contribution in [2.75, 3.05) is 19.8 Å². The van der Waals surface area contributed by atoms with Crippen LogP contribution in [0.15, 0.2) is 0 Å². The Morgan fingerprint density at radius 3 is 3.29 bits per heavy atom. The molecule has 0 aliphatic carbocycles. The lowest BCUT2D eigenvalue weighted by atomic mass is 10.2. The molecular weight excluding hydrogens is 180 g/mol. The van der Waals surface area contributed by atoms with Crippen LogP contribution in [0.5, 0.6) is 0 Å².